The van der Waals surface area contributed by atoms with E-state index in [0.29, 0.717) is 49.0 Å². The lowest BCUT2D eigenvalue weighted by atomic mass is 9.87. The number of amides is 3. The molecule has 4 N–H and O–H groups in total. The first-order valence-corrected chi connectivity index (χ1v) is 15.4. The third-order valence-electron chi connectivity index (χ3n) is 8.01. The summed E-state index contributed by atoms with van der Waals surface area (Å²) in [6.45, 7) is 16.7. The van der Waals surface area contributed by atoms with Gasteiger partial charge >= 0.3 is 0 Å². The first-order valence-electron chi connectivity index (χ1n) is 15.4. The van der Waals surface area contributed by atoms with E-state index in [1.165, 1.54) is 0 Å². The highest BCUT2D eigenvalue weighted by molar-refractivity contribution is 5.99. The van der Waals surface area contributed by atoms with Crippen LogP contribution in [0.15, 0.2) is 24.3 Å². The van der Waals surface area contributed by atoms with Gasteiger partial charge in [0.05, 0.1) is 0 Å². The Morgan fingerprint density at radius 1 is 0.846 bits per heavy atom. The number of nitrogens with one attached hydrogen (secondary N) is 2. The molecule has 3 atom stereocenters. The molecule has 0 bridgehead atoms. The van der Waals surface area contributed by atoms with E-state index in [9.17, 15) is 14.4 Å². The van der Waals surface area contributed by atoms with Gasteiger partial charge in [0.25, 0.3) is 11.8 Å². The normalized spacial score (nSPS) is 13.7. The van der Waals surface area contributed by atoms with Crippen LogP contribution in [0.25, 0.3) is 0 Å². The van der Waals surface area contributed by atoms with E-state index in [-0.39, 0.29) is 35.7 Å². The van der Waals surface area contributed by atoms with E-state index in [1.54, 1.807) is 24.3 Å². The first kappa shape index (κ1) is 34.6. The topological polar surface area (TPSA) is 105 Å². The smallest absolute Gasteiger partial charge is 0.253 e. The van der Waals surface area contributed by atoms with Crippen LogP contribution in [-0.4, -0.2) is 54.3 Å². The summed E-state index contributed by atoms with van der Waals surface area (Å²) in [5.74, 6) is 0.381. The maximum absolute atomic E-state index is 13.4. The van der Waals surface area contributed by atoms with Crippen molar-refractivity contribution in [2.75, 3.05) is 19.6 Å². The fraction of sp³-hybridized carbons (Fsp3) is 0.719. The highest BCUT2D eigenvalue weighted by Gasteiger charge is 2.27. The van der Waals surface area contributed by atoms with E-state index in [1.807, 2.05) is 11.8 Å². The first-order chi connectivity index (χ1) is 18.6. The minimum absolute atomic E-state index is 0.0138. The standard InChI is InChI=1S/C32H56N4O3/c1-8-17-36(18-9-2)32(39)27-16-14-15-26(21-27)31(38)35-29(20-24(10-3)11-4)28(33)19-23(7)30(37)34-22-25(12-5)13-6/h14-16,21,23-25,28-29H,8-13,17-20,22,33H2,1-7H3,(H,34,37)(H,35,38)/t23-,28+,29+/m1/s1. The van der Waals surface area contributed by atoms with E-state index >= 15 is 0 Å². The Kier molecular flexibility index (Phi) is 16.7. The van der Waals surface area contributed by atoms with Gasteiger partial charge in [0.1, 0.15) is 0 Å². The predicted molar refractivity (Wildman–Crippen MR) is 162 cm³/mol. The average Bonchev–Trinajstić information content (AvgIpc) is 2.94. The molecule has 0 spiro atoms. The Morgan fingerprint density at radius 3 is 1.95 bits per heavy atom. The molecule has 0 heterocycles. The number of carbonyl (C=O) groups is 3. The average molecular weight is 545 g/mol. The largest absolute Gasteiger partial charge is 0.356 e. The number of hydrogen-bond acceptors (Lipinski definition) is 4. The molecule has 1 aromatic carbocycles. The zero-order chi connectivity index (χ0) is 29.4. The molecule has 0 saturated heterocycles. The van der Waals surface area contributed by atoms with Gasteiger partial charge in [-0.1, -0.05) is 80.2 Å². The van der Waals surface area contributed by atoms with Gasteiger partial charge in [-0.05, 0) is 55.7 Å². The molecule has 0 aliphatic heterocycles. The van der Waals surface area contributed by atoms with Gasteiger partial charge in [-0.2, -0.15) is 0 Å². The lowest BCUT2D eigenvalue weighted by Gasteiger charge is -2.30. The molecule has 0 fully saturated rings. The van der Waals surface area contributed by atoms with Crippen LogP contribution in [0.1, 0.15) is 121 Å². The van der Waals surface area contributed by atoms with Gasteiger partial charge in [0.2, 0.25) is 5.91 Å². The van der Waals surface area contributed by atoms with Crippen LogP contribution in [0.3, 0.4) is 0 Å². The Labute approximate surface area is 238 Å². The third-order valence-corrected chi connectivity index (χ3v) is 8.01. The number of benzene rings is 1. The predicted octanol–water partition coefficient (Wildman–Crippen LogP) is 5.78. The SMILES string of the molecule is CCCN(CCC)C(=O)c1cccc(C(=O)N[C@@H](CC(CC)CC)[C@@H](N)C[C@@H](C)C(=O)NCC(CC)CC)c1. The van der Waals surface area contributed by atoms with E-state index < -0.39 is 0 Å². The van der Waals surface area contributed by atoms with Crippen LogP contribution in [0.4, 0.5) is 0 Å². The van der Waals surface area contributed by atoms with E-state index in [2.05, 4.69) is 52.2 Å². The molecule has 0 unspecified atom stereocenters. The minimum atomic E-state index is -0.363. The molecule has 7 nitrogen and oxygen atoms in total. The Hall–Kier alpha value is -2.41. The van der Waals surface area contributed by atoms with Crippen molar-refractivity contribution < 1.29 is 14.4 Å². The number of hydrogen-bond donors (Lipinski definition) is 3. The van der Waals surface area contributed by atoms with Crippen molar-refractivity contribution in [3.05, 3.63) is 35.4 Å². The van der Waals surface area contributed by atoms with Gasteiger partial charge in [0.15, 0.2) is 0 Å². The van der Waals surface area contributed by atoms with Crippen LogP contribution >= 0.6 is 0 Å². The maximum Gasteiger partial charge on any atom is 0.253 e. The molecule has 222 valence electrons. The lowest BCUT2D eigenvalue weighted by Crippen LogP contribution is -2.50. The molecule has 39 heavy (non-hydrogen) atoms. The van der Waals surface area contributed by atoms with Crippen molar-refractivity contribution in [3.8, 4) is 0 Å². The number of nitrogens with two attached hydrogens (primary N) is 1. The molecule has 0 radical (unpaired) electrons. The van der Waals surface area contributed by atoms with Gasteiger partial charge in [-0.25, -0.2) is 0 Å². The van der Waals surface area contributed by atoms with Gasteiger partial charge in [-0.3, -0.25) is 14.4 Å². The van der Waals surface area contributed by atoms with Gasteiger partial charge in [-0.15, -0.1) is 0 Å². The number of nitrogens with zero attached hydrogens (tertiary/aromatic N) is 1. The molecule has 0 aliphatic carbocycles. The summed E-state index contributed by atoms with van der Waals surface area (Å²) in [5.41, 5.74) is 7.65. The quantitative estimate of drug-likeness (QED) is 0.205. The molecule has 0 aromatic heterocycles. The van der Waals surface area contributed by atoms with E-state index in [0.717, 1.165) is 44.9 Å². The fourth-order valence-electron chi connectivity index (χ4n) is 5.08. The highest BCUT2D eigenvalue weighted by Crippen LogP contribution is 2.20. The van der Waals surface area contributed by atoms with Crippen molar-refractivity contribution in [2.24, 2.45) is 23.5 Å². The van der Waals surface area contributed by atoms with Crippen molar-refractivity contribution in [2.45, 2.75) is 112 Å². The van der Waals surface area contributed by atoms with Crippen molar-refractivity contribution in [1.29, 1.82) is 0 Å². The Morgan fingerprint density at radius 2 is 1.41 bits per heavy atom. The summed E-state index contributed by atoms with van der Waals surface area (Å²) >= 11 is 0. The summed E-state index contributed by atoms with van der Waals surface area (Å²) in [5, 5.41) is 6.25. The summed E-state index contributed by atoms with van der Waals surface area (Å²) in [7, 11) is 0. The third kappa shape index (κ3) is 11.7. The molecule has 7 heteroatoms. The second-order valence-electron chi connectivity index (χ2n) is 11.1. The Balaban J connectivity index is 3.02. The highest BCUT2D eigenvalue weighted by atomic mass is 16.2. The zero-order valence-corrected chi connectivity index (χ0v) is 25.7. The van der Waals surface area contributed by atoms with Crippen LogP contribution in [0.2, 0.25) is 0 Å². The molecule has 0 aliphatic rings. The number of rotatable bonds is 19. The minimum Gasteiger partial charge on any atom is -0.356 e. The zero-order valence-electron chi connectivity index (χ0n) is 25.7. The van der Waals surface area contributed by atoms with E-state index in [4.69, 9.17) is 5.73 Å². The van der Waals surface area contributed by atoms with Crippen LogP contribution in [0.5, 0.6) is 0 Å². The van der Waals surface area contributed by atoms with Gasteiger partial charge < -0.3 is 21.3 Å². The van der Waals surface area contributed by atoms with Crippen LogP contribution < -0.4 is 16.4 Å². The van der Waals surface area contributed by atoms with Crippen molar-refractivity contribution in [1.82, 2.24) is 15.5 Å². The van der Waals surface area contributed by atoms with Crippen LogP contribution in [0, 0.1) is 17.8 Å². The Bertz CT molecular complexity index is 861. The molecule has 0 saturated carbocycles. The molecular weight excluding hydrogens is 488 g/mol. The second kappa shape index (κ2) is 18.8. The molecule has 1 rings (SSSR count). The second-order valence-corrected chi connectivity index (χ2v) is 11.1. The lowest BCUT2D eigenvalue weighted by molar-refractivity contribution is -0.125. The summed E-state index contributed by atoms with van der Waals surface area (Å²) in [4.78, 5) is 41.1. The summed E-state index contributed by atoms with van der Waals surface area (Å²) < 4.78 is 0. The maximum atomic E-state index is 13.4. The van der Waals surface area contributed by atoms with Crippen molar-refractivity contribution in [3.63, 3.8) is 0 Å². The molecule has 1 aromatic rings. The summed E-state index contributed by atoms with van der Waals surface area (Å²) in [6, 6.07) is 6.33. The number of carbonyl (C=O) groups excluding carboxylic acids is 3. The van der Waals surface area contributed by atoms with Crippen molar-refractivity contribution >= 4 is 17.7 Å². The molecular formula is C32H56N4O3. The summed E-state index contributed by atoms with van der Waals surface area (Å²) in [6.07, 6.45) is 7.08. The fourth-order valence-corrected chi connectivity index (χ4v) is 5.08. The monoisotopic (exact) mass is 544 g/mol. The molecule has 3 amide bonds. The van der Waals surface area contributed by atoms with Crippen LogP contribution in [-0.2, 0) is 4.79 Å². The van der Waals surface area contributed by atoms with Gasteiger partial charge in [0, 0.05) is 48.8 Å².